The van der Waals surface area contributed by atoms with Crippen LogP contribution in [0.15, 0.2) is 60.8 Å². The van der Waals surface area contributed by atoms with E-state index in [1.54, 1.807) is 31.5 Å². The average molecular weight is 343 g/mol. The maximum absolute atomic E-state index is 13.1. The van der Waals surface area contributed by atoms with Crippen LogP contribution in [-0.2, 0) is 0 Å². The van der Waals surface area contributed by atoms with Gasteiger partial charge in [-0.3, -0.25) is 0 Å². The fourth-order valence-electron chi connectivity index (χ4n) is 2.53. The van der Waals surface area contributed by atoms with Crippen LogP contribution in [0, 0.1) is 5.82 Å². The van der Waals surface area contributed by atoms with Crippen molar-refractivity contribution in [3.05, 3.63) is 82.8 Å². The Kier molecular flexibility index (Phi) is 4.79. The summed E-state index contributed by atoms with van der Waals surface area (Å²) in [5, 5.41) is 0.628. The fourth-order valence-corrected chi connectivity index (χ4v) is 2.72. The van der Waals surface area contributed by atoms with Crippen molar-refractivity contribution >= 4 is 11.6 Å². The minimum Gasteiger partial charge on any atom is -0.481 e. The molecular weight excluding hydrogens is 327 g/mol. The minimum atomic E-state index is -0.415. The molecule has 0 aliphatic carbocycles. The van der Waals surface area contributed by atoms with Crippen LogP contribution in [0.4, 0.5) is 4.39 Å². The SMILES string of the molecule is COc1ncc(C(N)c2ccc(F)cc2)cc1-c1cccc(Cl)c1. The molecule has 1 heterocycles. The number of nitrogens with zero attached hydrogens (tertiary/aromatic N) is 1. The van der Waals surface area contributed by atoms with E-state index in [-0.39, 0.29) is 5.82 Å². The highest BCUT2D eigenvalue weighted by molar-refractivity contribution is 6.30. The third-order valence-corrected chi connectivity index (χ3v) is 4.02. The lowest BCUT2D eigenvalue weighted by molar-refractivity contribution is 0.399. The van der Waals surface area contributed by atoms with Gasteiger partial charge in [-0.05, 0) is 47.0 Å². The van der Waals surface area contributed by atoms with Crippen LogP contribution in [0.5, 0.6) is 5.88 Å². The standard InChI is InChI=1S/C19H16ClFN2O/c1-24-19-17(13-3-2-4-15(20)9-13)10-14(11-23-19)18(22)12-5-7-16(21)8-6-12/h2-11,18H,22H2,1H3. The van der Waals surface area contributed by atoms with Crippen molar-refractivity contribution in [3.63, 3.8) is 0 Å². The van der Waals surface area contributed by atoms with E-state index in [1.165, 1.54) is 12.1 Å². The normalized spacial score (nSPS) is 12.0. The van der Waals surface area contributed by atoms with Crippen molar-refractivity contribution in [1.82, 2.24) is 4.98 Å². The van der Waals surface area contributed by atoms with Gasteiger partial charge in [0.1, 0.15) is 5.82 Å². The number of halogens is 2. The summed E-state index contributed by atoms with van der Waals surface area (Å²) in [6, 6.07) is 15.1. The lowest BCUT2D eigenvalue weighted by Gasteiger charge is -2.15. The van der Waals surface area contributed by atoms with E-state index in [1.807, 2.05) is 24.3 Å². The average Bonchev–Trinajstić information content (AvgIpc) is 2.61. The summed E-state index contributed by atoms with van der Waals surface area (Å²) in [6.45, 7) is 0. The van der Waals surface area contributed by atoms with Crippen molar-refractivity contribution < 1.29 is 9.13 Å². The second-order valence-corrected chi connectivity index (χ2v) is 5.80. The van der Waals surface area contributed by atoms with E-state index in [9.17, 15) is 4.39 Å². The number of hydrogen-bond acceptors (Lipinski definition) is 3. The van der Waals surface area contributed by atoms with E-state index in [2.05, 4.69) is 4.98 Å². The minimum absolute atomic E-state index is 0.293. The number of benzene rings is 2. The van der Waals surface area contributed by atoms with Crippen LogP contribution in [-0.4, -0.2) is 12.1 Å². The van der Waals surface area contributed by atoms with E-state index < -0.39 is 6.04 Å². The zero-order valence-electron chi connectivity index (χ0n) is 13.0. The van der Waals surface area contributed by atoms with Gasteiger partial charge >= 0.3 is 0 Å². The topological polar surface area (TPSA) is 48.1 Å². The summed E-state index contributed by atoms with van der Waals surface area (Å²) in [5.74, 6) is 0.200. The molecule has 24 heavy (non-hydrogen) atoms. The number of methoxy groups -OCH3 is 1. The summed E-state index contributed by atoms with van der Waals surface area (Å²) in [4.78, 5) is 4.35. The Morgan fingerprint density at radius 1 is 1.08 bits per heavy atom. The molecule has 2 aromatic carbocycles. The molecule has 0 saturated heterocycles. The maximum Gasteiger partial charge on any atom is 0.221 e. The first kappa shape index (κ1) is 16.4. The number of ether oxygens (including phenoxy) is 1. The highest BCUT2D eigenvalue weighted by Crippen LogP contribution is 2.32. The molecule has 0 aliphatic rings. The molecule has 0 radical (unpaired) electrons. The Bertz CT molecular complexity index is 852. The van der Waals surface area contributed by atoms with Crippen LogP contribution < -0.4 is 10.5 Å². The first-order valence-electron chi connectivity index (χ1n) is 7.39. The molecule has 0 saturated carbocycles. The van der Waals surface area contributed by atoms with E-state index >= 15 is 0 Å². The van der Waals surface area contributed by atoms with Crippen molar-refractivity contribution in [1.29, 1.82) is 0 Å². The first-order chi connectivity index (χ1) is 11.6. The Labute approximate surface area is 144 Å². The highest BCUT2D eigenvalue weighted by Gasteiger charge is 2.14. The summed E-state index contributed by atoms with van der Waals surface area (Å²) < 4.78 is 18.4. The Morgan fingerprint density at radius 3 is 2.50 bits per heavy atom. The molecule has 0 aliphatic heterocycles. The summed E-state index contributed by atoms with van der Waals surface area (Å²) in [7, 11) is 1.57. The number of aromatic nitrogens is 1. The van der Waals surface area contributed by atoms with Crippen LogP contribution in [0.25, 0.3) is 11.1 Å². The molecule has 0 amide bonds. The predicted octanol–water partition coefficient (Wildman–Crippen LogP) is 4.60. The number of pyridine rings is 1. The first-order valence-corrected chi connectivity index (χ1v) is 7.77. The molecule has 1 atom stereocenters. The van der Waals surface area contributed by atoms with Crippen molar-refractivity contribution in [2.75, 3.05) is 7.11 Å². The number of hydrogen-bond donors (Lipinski definition) is 1. The summed E-state index contributed by atoms with van der Waals surface area (Å²) in [5.41, 5.74) is 9.60. The van der Waals surface area contributed by atoms with Crippen molar-refractivity contribution in [2.45, 2.75) is 6.04 Å². The molecule has 3 rings (SSSR count). The Morgan fingerprint density at radius 2 is 1.83 bits per heavy atom. The monoisotopic (exact) mass is 342 g/mol. The molecule has 3 aromatic rings. The van der Waals surface area contributed by atoms with Crippen LogP contribution in [0.3, 0.4) is 0 Å². The number of rotatable bonds is 4. The zero-order valence-corrected chi connectivity index (χ0v) is 13.8. The Balaban J connectivity index is 2.04. The zero-order chi connectivity index (χ0) is 17.1. The largest absolute Gasteiger partial charge is 0.481 e. The molecule has 0 spiro atoms. The molecule has 3 nitrogen and oxygen atoms in total. The molecule has 1 unspecified atom stereocenters. The Hall–Kier alpha value is -2.43. The molecule has 1 aromatic heterocycles. The van der Waals surface area contributed by atoms with Gasteiger partial charge in [0.25, 0.3) is 0 Å². The van der Waals surface area contributed by atoms with Gasteiger partial charge in [0.2, 0.25) is 5.88 Å². The van der Waals surface area contributed by atoms with Gasteiger partial charge in [0.05, 0.1) is 13.2 Å². The van der Waals surface area contributed by atoms with Crippen LogP contribution in [0.1, 0.15) is 17.2 Å². The van der Waals surface area contributed by atoms with Crippen molar-refractivity contribution in [2.24, 2.45) is 5.73 Å². The van der Waals surface area contributed by atoms with Gasteiger partial charge in [-0.25, -0.2) is 9.37 Å². The van der Waals surface area contributed by atoms with E-state index in [4.69, 9.17) is 22.1 Å². The predicted molar refractivity (Wildman–Crippen MR) is 93.7 cm³/mol. The maximum atomic E-state index is 13.1. The van der Waals surface area contributed by atoms with Gasteiger partial charge < -0.3 is 10.5 Å². The van der Waals surface area contributed by atoms with Gasteiger partial charge in [-0.15, -0.1) is 0 Å². The highest BCUT2D eigenvalue weighted by atomic mass is 35.5. The third kappa shape index (κ3) is 3.40. The van der Waals surface area contributed by atoms with Gasteiger partial charge in [0, 0.05) is 16.8 Å². The van der Waals surface area contributed by atoms with Crippen LogP contribution in [0.2, 0.25) is 5.02 Å². The molecule has 122 valence electrons. The quantitative estimate of drug-likeness (QED) is 0.754. The summed E-state index contributed by atoms with van der Waals surface area (Å²) in [6.07, 6.45) is 1.67. The van der Waals surface area contributed by atoms with Gasteiger partial charge in [-0.2, -0.15) is 0 Å². The second-order valence-electron chi connectivity index (χ2n) is 5.37. The van der Waals surface area contributed by atoms with Gasteiger partial charge in [0.15, 0.2) is 0 Å². The van der Waals surface area contributed by atoms with Gasteiger partial charge in [-0.1, -0.05) is 35.9 Å². The lowest BCUT2D eigenvalue weighted by atomic mass is 9.97. The van der Waals surface area contributed by atoms with E-state index in [0.717, 1.165) is 22.3 Å². The molecule has 5 heteroatoms. The number of nitrogens with two attached hydrogens (primary N) is 1. The summed E-state index contributed by atoms with van der Waals surface area (Å²) >= 11 is 6.08. The second kappa shape index (κ2) is 6.99. The fraction of sp³-hybridized carbons (Fsp3) is 0.105. The molecule has 0 bridgehead atoms. The smallest absolute Gasteiger partial charge is 0.221 e. The van der Waals surface area contributed by atoms with E-state index in [0.29, 0.717) is 10.9 Å². The molecular formula is C19H16ClFN2O. The lowest BCUT2D eigenvalue weighted by Crippen LogP contribution is -2.12. The van der Waals surface area contributed by atoms with Crippen molar-refractivity contribution in [3.8, 4) is 17.0 Å². The third-order valence-electron chi connectivity index (χ3n) is 3.79. The molecule has 2 N–H and O–H groups in total. The van der Waals surface area contributed by atoms with Crippen LogP contribution >= 0.6 is 11.6 Å². The molecule has 0 fully saturated rings.